The van der Waals surface area contributed by atoms with Crippen molar-refractivity contribution < 1.29 is 18.7 Å². The number of piperazine rings is 1. The highest BCUT2D eigenvalue weighted by Crippen LogP contribution is 2.33. The maximum absolute atomic E-state index is 14.4. The summed E-state index contributed by atoms with van der Waals surface area (Å²) in [7, 11) is 3.71. The van der Waals surface area contributed by atoms with Gasteiger partial charge in [0.05, 0.1) is 31.3 Å². The number of carbonyl (C=O) groups excluding carboxylic acids is 1. The van der Waals surface area contributed by atoms with E-state index in [4.69, 9.17) is 19.4 Å². The number of hydrogen-bond donors (Lipinski definition) is 0. The quantitative estimate of drug-likeness (QED) is 0.524. The number of hydrogen-bond acceptors (Lipinski definition) is 7. The van der Waals surface area contributed by atoms with Gasteiger partial charge in [0.25, 0.3) is 0 Å². The summed E-state index contributed by atoms with van der Waals surface area (Å²) >= 11 is 0. The Morgan fingerprint density at radius 1 is 1.00 bits per heavy atom. The molecule has 5 rings (SSSR count). The van der Waals surface area contributed by atoms with Gasteiger partial charge in [-0.1, -0.05) is 24.3 Å². The molecule has 36 heavy (non-hydrogen) atoms. The van der Waals surface area contributed by atoms with Crippen LogP contribution in [-0.2, 0) is 24.2 Å². The van der Waals surface area contributed by atoms with Gasteiger partial charge in [-0.05, 0) is 36.9 Å². The number of aromatic nitrogens is 2. The van der Waals surface area contributed by atoms with E-state index in [-0.39, 0.29) is 18.1 Å². The molecule has 1 fully saturated rings. The van der Waals surface area contributed by atoms with Crippen LogP contribution < -0.4 is 14.4 Å². The molecule has 8 nitrogen and oxygen atoms in total. The summed E-state index contributed by atoms with van der Waals surface area (Å²) in [5.41, 5.74) is 2.49. The summed E-state index contributed by atoms with van der Waals surface area (Å²) in [6.07, 6.45) is 0.865. The molecule has 0 spiro atoms. The first-order valence-electron chi connectivity index (χ1n) is 12.2. The molecule has 2 aromatic carbocycles. The smallest absolute Gasteiger partial charge is 0.229 e. The number of likely N-dealkylation sites (N-methyl/N-ethyl adjacent to an activating group) is 1. The average Bonchev–Trinajstić information content (AvgIpc) is 2.90. The summed E-state index contributed by atoms with van der Waals surface area (Å²) in [5, 5.41) is 0. The van der Waals surface area contributed by atoms with Crippen molar-refractivity contribution in [2.24, 2.45) is 0 Å². The van der Waals surface area contributed by atoms with E-state index in [1.807, 2.05) is 24.3 Å². The van der Waals surface area contributed by atoms with E-state index in [2.05, 4.69) is 16.8 Å². The van der Waals surface area contributed by atoms with Gasteiger partial charge in [0.15, 0.2) is 11.6 Å². The first kappa shape index (κ1) is 24.0. The van der Waals surface area contributed by atoms with Gasteiger partial charge in [-0.15, -0.1) is 0 Å². The van der Waals surface area contributed by atoms with E-state index in [1.54, 1.807) is 30.2 Å². The fourth-order valence-corrected chi connectivity index (χ4v) is 4.48. The highest BCUT2D eigenvalue weighted by atomic mass is 19.1. The number of nitrogens with zero attached hydrogens (tertiary/aromatic N) is 5. The second-order valence-corrected chi connectivity index (χ2v) is 9.17. The minimum Gasteiger partial charge on any atom is -0.497 e. The fraction of sp³-hybridized carbons (Fsp3) is 0.370. The third kappa shape index (κ3) is 5.26. The van der Waals surface area contributed by atoms with E-state index >= 15 is 0 Å². The fourth-order valence-electron chi connectivity index (χ4n) is 4.48. The molecule has 2 aliphatic heterocycles. The van der Waals surface area contributed by atoms with Crippen LogP contribution in [0.1, 0.15) is 16.8 Å². The minimum absolute atomic E-state index is 0.00537. The number of ether oxygens (including phenoxy) is 2. The maximum Gasteiger partial charge on any atom is 0.229 e. The molecule has 3 heterocycles. The topological polar surface area (TPSA) is 71.0 Å². The molecule has 1 saturated heterocycles. The predicted octanol–water partition coefficient (Wildman–Crippen LogP) is 3.30. The largest absolute Gasteiger partial charge is 0.497 e. The van der Waals surface area contributed by atoms with Crippen LogP contribution in [0.3, 0.4) is 0 Å². The number of para-hydroxylation sites is 1. The van der Waals surface area contributed by atoms with E-state index in [0.29, 0.717) is 31.3 Å². The van der Waals surface area contributed by atoms with Crippen LogP contribution in [0, 0.1) is 5.82 Å². The number of anilines is 1. The standard InChI is InChI=1S/C27H30FN5O3/c1-31-13-15-32(16-14-31)27-29-23-11-12-33(25(34)17-19-7-9-20(35-2)10-8-19)18-21(23)26(30-27)36-24-6-4-3-5-22(24)28/h3-10H,11-18H2,1-2H3. The Bertz CT molecular complexity index is 1230. The number of rotatable bonds is 6. The summed E-state index contributed by atoms with van der Waals surface area (Å²) < 4.78 is 25.7. The normalized spacial score (nSPS) is 16.0. The van der Waals surface area contributed by atoms with Crippen LogP contribution in [0.15, 0.2) is 48.5 Å². The number of carbonyl (C=O) groups is 1. The van der Waals surface area contributed by atoms with Gasteiger partial charge in [0.2, 0.25) is 17.7 Å². The third-order valence-corrected chi connectivity index (χ3v) is 6.71. The van der Waals surface area contributed by atoms with Gasteiger partial charge in [-0.3, -0.25) is 4.79 Å². The van der Waals surface area contributed by atoms with Crippen molar-refractivity contribution in [3.63, 3.8) is 0 Å². The summed E-state index contributed by atoms with van der Waals surface area (Å²) in [4.78, 5) is 28.9. The Balaban J connectivity index is 1.41. The van der Waals surface area contributed by atoms with Crippen molar-refractivity contribution in [1.29, 1.82) is 0 Å². The highest BCUT2D eigenvalue weighted by Gasteiger charge is 2.29. The first-order valence-corrected chi connectivity index (χ1v) is 12.2. The molecular weight excluding hydrogens is 461 g/mol. The van der Waals surface area contributed by atoms with Gasteiger partial charge in [0, 0.05) is 39.1 Å². The molecule has 0 unspecified atom stereocenters. The lowest BCUT2D eigenvalue weighted by Gasteiger charge is -2.34. The van der Waals surface area contributed by atoms with Crippen molar-refractivity contribution in [1.82, 2.24) is 19.8 Å². The first-order chi connectivity index (χ1) is 17.5. The van der Waals surface area contributed by atoms with E-state index in [1.165, 1.54) is 6.07 Å². The molecule has 3 aromatic rings. The Morgan fingerprint density at radius 3 is 2.47 bits per heavy atom. The SMILES string of the molecule is COc1ccc(CC(=O)N2CCc3nc(N4CCN(C)CC4)nc(Oc4ccccc4F)c3C2)cc1. The predicted molar refractivity (Wildman–Crippen MR) is 134 cm³/mol. The number of benzene rings is 2. The minimum atomic E-state index is -0.464. The molecule has 1 amide bonds. The molecule has 0 radical (unpaired) electrons. The monoisotopic (exact) mass is 491 g/mol. The van der Waals surface area contributed by atoms with E-state index in [0.717, 1.165) is 48.7 Å². The molecule has 0 bridgehead atoms. The van der Waals surface area contributed by atoms with Crippen LogP contribution in [0.2, 0.25) is 0 Å². The number of methoxy groups -OCH3 is 1. The number of amides is 1. The molecule has 0 atom stereocenters. The lowest BCUT2D eigenvalue weighted by molar-refractivity contribution is -0.131. The van der Waals surface area contributed by atoms with Crippen LogP contribution in [0.4, 0.5) is 10.3 Å². The summed E-state index contributed by atoms with van der Waals surface area (Å²) in [5.74, 6) is 1.29. The molecule has 0 saturated carbocycles. The second kappa shape index (κ2) is 10.5. The zero-order valence-electron chi connectivity index (χ0n) is 20.6. The Kier molecular flexibility index (Phi) is 6.99. The third-order valence-electron chi connectivity index (χ3n) is 6.71. The lowest BCUT2D eigenvalue weighted by Crippen LogP contribution is -2.45. The molecule has 188 valence electrons. The average molecular weight is 492 g/mol. The Labute approximate surface area is 210 Å². The summed E-state index contributed by atoms with van der Waals surface area (Å²) in [6.45, 7) is 4.31. The van der Waals surface area contributed by atoms with Crippen molar-refractivity contribution in [2.75, 3.05) is 51.8 Å². The molecule has 2 aliphatic rings. The molecule has 1 aromatic heterocycles. The molecule has 9 heteroatoms. The van der Waals surface area contributed by atoms with Crippen molar-refractivity contribution in [3.8, 4) is 17.4 Å². The van der Waals surface area contributed by atoms with Crippen molar-refractivity contribution in [2.45, 2.75) is 19.4 Å². The number of fused-ring (bicyclic) bond motifs is 1. The van der Waals surface area contributed by atoms with Crippen LogP contribution in [0.25, 0.3) is 0 Å². The van der Waals surface area contributed by atoms with Gasteiger partial charge in [-0.2, -0.15) is 4.98 Å². The van der Waals surface area contributed by atoms with E-state index < -0.39 is 5.82 Å². The van der Waals surface area contributed by atoms with Gasteiger partial charge in [0.1, 0.15) is 5.75 Å². The molecule has 0 aliphatic carbocycles. The zero-order chi connectivity index (χ0) is 25.1. The molecular formula is C27H30FN5O3. The van der Waals surface area contributed by atoms with Crippen molar-refractivity contribution >= 4 is 11.9 Å². The second-order valence-electron chi connectivity index (χ2n) is 9.17. The van der Waals surface area contributed by atoms with Crippen LogP contribution >= 0.6 is 0 Å². The lowest BCUT2D eigenvalue weighted by atomic mass is 10.0. The van der Waals surface area contributed by atoms with Gasteiger partial charge < -0.3 is 24.2 Å². The molecule has 0 N–H and O–H groups in total. The summed E-state index contributed by atoms with van der Waals surface area (Å²) in [6, 6.07) is 13.8. The highest BCUT2D eigenvalue weighted by molar-refractivity contribution is 5.79. The van der Waals surface area contributed by atoms with Gasteiger partial charge >= 0.3 is 0 Å². The Hall–Kier alpha value is -3.72. The Morgan fingerprint density at radius 2 is 1.75 bits per heavy atom. The zero-order valence-corrected chi connectivity index (χ0v) is 20.6. The maximum atomic E-state index is 14.4. The number of halogens is 1. The van der Waals surface area contributed by atoms with E-state index in [9.17, 15) is 9.18 Å². The van der Waals surface area contributed by atoms with Crippen LogP contribution in [-0.4, -0.2) is 72.6 Å². The van der Waals surface area contributed by atoms with Crippen LogP contribution in [0.5, 0.6) is 17.4 Å². The van der Waals surface area contributed by atoms with Crippen molar-refractivity contribution in [3.05, 3.63) is 71.2 Å². The van der Waals surface area contributed by atoms with Gasteiger partial charge in [-0.25, -0.2) is 9.37 Å².